The van der Waals surface area contributed by atoms with Gasteiger partial charge in [0.05, 0.1) is 0 Å². The molecular formula is C18H30O2. The fourth-order valence-corrected chi connectivity index (χ4v) is 2.15. The van der Waals surface area contributed by atoms with Gasteiger partial charge in [-0.15, -0.1) is 12.3 Å². The zero-order valence-electron chi connectivity index (χ0n) is 12.8. The van der Waals surface area contributed by atoms with Gasteiger partial charge in [-0.3, -0.25) is 4.79 Å². The summed E-state index contributed by atoms with van der Waals surface area (Å²) in [7, 11) is 0. The fourth-order valence-electron chi connectivity index (χ4n) is 2.15. The molecule has 2 nitrogen and oxygen atoms in total. The zero-order chi connectivity index (χ0) is 14.9. The SMILES string of the molecule is C#CCCCCCCC=CCCCCCCCC(=O)O. The lowest BCUT2D eigenvalue weighted by Crippen LogP contribution is -1.93. The molecule has 2 heteroatoms. The van der Waals surface area contributed by atoms with Gasteiger partial charge in [0.2, 0.25) is 0 Å². The first-order valence-corrected chi connectivity index (χ1v) is 8.07. The number of terminal acetylenes is 1. The number of carbonyl (C=O) groups is 1. The summed E-state index contributed by atoms with van der Waals surface area (Å²) in [5.41, 5.74) is 0. The van der Waals surface area contributed by atoms with E-state index in [1.165, 1.54) is 44.9 Å². The minimum absolute atomic E-state index is 0.321. The molecule has 0 aliphatic heterocycles. The van der Waals surface area contributed by atoms with E-state index in [0.717, 1.165) is 32.1 Å². The summed E-state index contributed by atoms with van der Waals surface area (Å²) in [4.78, 5) is 10.3. The van der Waals surface area contributed by atoms with E-state index in [0.29, 0.717) is 6.42 Å². The summed E-state index contributed by atoms with van der Waals surface area (Å²) in [6.07, 6.45) is 23.9. The van der Waals surface area contributed by atoms with Crippen LogP contribution >= 0.6 is 0 Å². The molecule has 0 saturated heterocycles. The molecule has 0 rings (SSSR count). The topological polar surface area (TPSA) is 37.3 Å². The second-order valence-corrected chi connectivity index (χ2v) is 5.33. The van der Waals surface area contributed by atoms with E-state index in [9.17, 15) is 4.79 Å². The van der Waals surface area contributed by atoms with Crippen molar-refractivity contribution >= 4 is 5.97 Å². The molecule has 0 bridgehead atoms. The first kappa shape index (κ1) is 18.8. The third-order valence-corrected chi connectivity index (χ3v) is 3.37. The number of aliphatic carboxylic acids is 1. The van der Waals surface area contributed by atoms with Crippen molar-refractivity contribution in [2.45, 2.75) is 83.5 Å². The highest BCUT2D eigenvalue weighted by molar-refractivity contribution is 5.66. The zero-order valence-corrected chi connectivity index (χ0v) is 12.8. The summed E-state index contributed by atoms with van der Waals surface area (Å²) >= 11 is 0. The van der Waals surface area contributed by atoms with Gasteiger partial charge < -0.3 is 5.11 Å². The highest BCUT2D eigenvalue weighted by atomic mass is 16.4. The maximum Gasteiger partial charge on any atom is 0.303 e. The van der Waals surface area contributed by atoms with Crippen LogP contribution in [0.1, 0.15) is 83.5 Å². The van der Waals surface area contributed by atoms with E-state index in [1.54, 1.807) is 0 Å². The molecule has 0 radical (unpaired) electrons. The molecule has 0 amide bonds. The van der Waals surface area contributed by atoms with Crippen LogP contribution in [0.3, 0.4) is 0 Å². The molecule has 0 unspecified atom stereocenters. The van der Waals surface area contributed by atoms with Gasteiger partial charge in [-0.1, -0.05) is 44.3 Å². The number of hydrogen-bond acceptors (Lipinski definition) is 1. The Kier molecular flexibility index (Phi) is 14.9. The van der Waals surface area contributed by atoms with Gasteiger partial charge in [0.25, 0.3) is 0 Å². The fraction of sp³-hybridized carbons (Fsp3) is 0.722. The van der Waals surface area contributed by atoms with Gasteiger partial charge in [-0.2, -0.15) is 0 Å². The van der Waals surface area contributed by atoms with E-state index < -0.39 is 5.97 Å². The summed E-state index contributed by atoms with van der Waals surface area (Å²) in [5.74, 6) is 2.00. The van der Waals surface area contributed by atoms with E-state index >= 15 is 0 Å². The average Bonchev–Trinajstić information content (AvgIpc) is 2.43. The Bertz CT molecular complexity index is 286. The lowest BCUT2D eigenvalue weighted by Gasteiger charge is -1.98. The van der Waals surface area contributed by atoms with Gasteiger partial charge in [-0.05, 0) is 38.5 Å². The molecule has 0 aromatic rings. The molecule has 0 aliphatic rings. The molecular weight excluding hydrogens is 248 g/mol. The Hall–Kier alpha value is -1.23. The molecule has 0 aliphatic carbocycles. The summed E-state index contributed by atoms with van der Waals surface area (Å²) in [5, 5.41) is 8.50. The van der Waals surface area contributed by atoms with E-state index in [-0.39, 0.29) is 0 Å². The summed E-state index contributed by atoms with van der Waals surface area (Å²) in [6, 6.07) is 0. The van der Waals surface area contributed by atoms with Crippen LogP contribution in [0, 0.1) is 12.3 Å². The van der Waals surface area contributed by atoms with Crippen LogP contribution in [0.15, 0.2) is 12.2 Å². The number of allylic oxidation sites excluding steroid dienone is 2. The van der Waals surface area contributed by atoms with E-state index in [1.807, 2.05) is 0 Å². The van der Waals surface area contributed by atoms with Crippen LogP contribution < -0.4 is 0 Å². The molecule has 0 fully saturated rings. The average molecular weight is 278 g/mol. The normalized spacial score (nSPS) is 10.8. The van der Waals surface area contributed by atoms with Crippen molar-refractivity contribution in [3.05, 3.63) is 12.2 Å². The number of hydrogen-bond donors (Lipinski definition) is 1. The highest BCUT2D eigenvalue weighted by Crippen LogP contribution is 2.09. The number of unbranched alkanes of at least 4 members (excludes halogenated alkanes) is 10. The Morgan fingerprint density at radius 3 is 1.90 bits per heavy atom. The minimum atomic E-state index is -0.674. The molecule has 0 spiro atoms. The number of carboxylic acid groups (broad SMARTS) is 1. The summed E-state index contributed by atoms with van der Waals surface area (Å²) in [6.45, 7) is 0. The molecule has 114 valence electrons. The summed E-state index contributed by atoms with van der Waals surface area (Å²) < 4.78 is 0. The first-order valence-electron chi connectivity index (χ1n) is 8.07. The van der Waals surface area contributed by atoms with Gasteiger partial charge in [-0.25, -0.2) is 0 Å². The molecule has 1 N–H and O–H groups in total. The lowest BCUT2D eigenvalue weighted by atomic mass is 10.1. The van der Waals surface area contributed by atoms with Gasteiger partial charge in [0.15, 0.2) is 0 Å². The molecule has 0 aromatic heterocycles. The number of carboxylic acids is 1. The van der Waals surface area contributed by atoms with E-state index in [2.05, 4.69) is 18.1 Å². The van der Waals surface area contributed by atoms with Crippen molar-refractivity contribution < 1.29 is 9.90 Å². The van der Waals surface area contributed by atoms with Crippen molar-refractivity contribution in [2.75, 3.05) is 0 Å². The Morgan fingerprint density at radius 1 is 0.850 bits per heavy atom. The van der Waals surface area contributed by atoms with Crippen molar-refractivity contribution in [1.82, 2.24) is 0 Å². The molecule has 0 aromatic carbocycles. The minimum Gasteiger partial charge on any atom is -0.481 e. The standard InChI is InChI=1S/C18H30O2/c1-2-3-4-5-6-7-8-9-10-11-12-13-14-15-16-17-18(19)20/h1,9-10H,3-8,11-17H2,(H,19,20). The molecule has 0 saturated carbocycles. The second kappa shape index (κ2) is 15.8. The van der Waals surface area contributed by atoms with Gasteiger partial charge in [0.1, 0.15) is 0 Å². The smallest absolute Gasteiger partial charge is 0.303 e. The maximum absolute atomic E-state index is 10.3. The first-order chi connectivity index (χ1) is 9.77. The monoisotopic (exact) mass is 278 g/mol. The van der Waals surface area contributed by atoms with Crippen molar-refractivity contribution in [3.8, 4) is 12.3 Å². The number of rotatable bonds is 14. The maximum atomic E-state index is 10.3. The Morgan fingerprint density at radius 2 is 1.35 bits per heavy atom. The van der Waals surface area contributed by atoms with Gasteiger partial charge in [0, 0.05) is 12.8 Å². The predicted molar refractivity (Wildman–Crippen MR) is 85.6 cm³/mol. The third kappa shape index (κ3) is 16.8. The molecule has 0 atom stereocenters. The van der Waals surface area contributed by atoms with Crippen LogP contribution in [0.5, 0.6) is 0 Å². The third-order valence-electron chi connectivity index (χ3n) is 3.37. The van der Waals surface area contributed by atoms with E-state index in [4.69, 9.17) is 11.5 Å². The van der Waals surface area contributed by atoms with Crippen molar-refractivity contribution in [3.63, 3.8) is 0 Å². The quantitative estimate of drug-likeness (QED) is 0.265. The largest absolute Gasteiger partial charge is 0.481 e. The predicted octanol–water partition coefficient (Wildman–Crippen LogP) is 5.33. The Labute approximate surface area is 124 Å². The molecule has 20 heavy (non-hydrogen) atoms. The van der Waals surface area contributed by atoms with Crippen LogP contribution in [0.4, 0.5) is 0 Å². The van der Waals surface area contributed by atoms with Crippen LogP contribution in [0.25, 0.3) is 0 Å². The second-order valence-electron chi connectivity index (χ2n) is 5.33. The van der Waals surface area contributed by atoms with Gasteiger partial charge >= 0.3 is 5.97 Å². The van der Waals surface area contributed by atoms with Crippen LogP contribution in [-0.4, -0.2) is 11.1 Å². The Balaban J connectivity index is 3.09. The van der Waals surface area contributed by atoms with Crippen LogP contribution in [-0.2, 0) is 4.79 Å². The van der Waals surface area contributed by atoms with Crippen molar-refractivity contribution in [1.29, 1.82) is 0 Å². The van der Waals surface area contributed by atoms with Crippen molar-refractivity contribution in [2.24, 2.45) is 0 Å². The highest BCUT2D eigenvalue weighted by Gasteiger charge is 1.95. The molecule has 0 heterocycles. The van der Waals surface area contributed by atoms with Crippen LogP contribution in [0.2, 0.25) is 0 Å². The lowest BCUT2D eigenvalue weighted by molar-refractivity contribution is -0.137.